The maximum atomic E-state index is 5.26. The molecule has 1 aromatic heterocycles. The van der Waals surface area contributed by atoms with Gasteiger partial charge in [0, 0.05) is 18.2 Å². The lowest BCUT2D eigenvalue weighted by molar-refractivity contribution is 0.490. The molecule has 3 nitrogen and oxygen atoms in total. The van der Waals surface area contributed by atoms with Crippen LogP contribution >= 0.6 is 24.0 Å². The summed E-state index contributed by atoms with van der Waals surface area (Å²) in [6.45, 7) is 5.40. The molecule has 84 valence electrons. The van der Waals surface area contributed by atoms with E-state index < -0.39 is 0 Å². The minimum absolute atomic E-state index is 0.599. The minimum atomic E-state index is 0.599. The van der Waals surface area contributed by atoms with Crippen molar-refractivity contribution in [2.75, 3.05) is 11.5 Å². The van der Waals surface area contributed by atoms with Crippen molar-refractivity contribution < 1.29 is 0 Å². The van der Waals surface area contributed by atoms with Gasteiger partial charge in [-0.05, 0) is 30.3 Å². The molecule has 1 aliphatic heterocycles. The van der Waals surface area contributed by atoms with Crippen molar-refractivity contribution in [2.45, 2.75) is 32.7 Å². The Balaban J connectivity index is 2.26. The number of hydrogen-bond donors (Lipinski definition) is 1. The molecule has 0 saturated carbocycles. The minimum Gasteiger partial charge on any atom is -0.304 e. The van der Waals surface area contributed by atoms with Crippen molar-refractivity contribution in [1.82, 2.24) is 14.8 Å². The first-order chi connectivity index (χ1) is 7.18. The van der Waals surface area contributed by atoms with Crippen LogP contribution in [-0.4, -0.2) is 26.3 Å². The lowest BCUT2D eigenvalue weighted by Gasteiger charge is -2.12. The van der Waals surface area contributed by atoms with Crippen molar-refractivity contribution in [1.29, 1.82) is 0 Å². The number of aromatic amines is 1. The van der Waals surface area contributed by atoms with Gasteiger partial charge in [-0.25, -0.2) is 0 Å². The van der Waals surface area contributed by atoms with Crippen LogP contribution in [0.5, 0.6) is 0 Å². The number of aromatic nitrogens is 3. The molecule has 1 N–H and O–H groups in total. The highest BCUT2D eigenvalue weighted by Gasteiger charge is 2.23. The Labute approximate surface area is 99.7 Å². The fourth-order valence-corrected chi connectivity index (χ4v) is 3.35. The summed E-state index contributed by atoms with van der Waals surface area (Å²) in [4.78, 5) is 0. The van der Waals surface area contributed by atoms with E-state index in [-0.39, 0.29) is 0 Å². The van der Waals surface area contributed by atoms with Gasteiger partial charge < -0.3 is 4.57 Å². The molecule has 1 aliphatic rings. The molecule has 1 aromatic rings. The summed E-state index contributed by atoms with van der Waals surface area (Å²) in [6.07, 6.45) is 1.24. The molecule has 15 heavy (non-hydrogen) atoms. The van der Waals surface area contributed by atoms with Crippen molar-refractivity contribution in [3.8, 4) is 0 Å². The summed E-state index contributed by atoms with van der Waals surface area (Å²) >= 11 is 7.28. The van der Waals surface area contributed by atoms with Gasteiger partial charge in [-0.1, -0.05) is 13.8 Å². The molecule has 0 bridgehead atoms. The smallest absolute Gasteiger partial charge is 0.195 e. The highest BCUT2D eigenvalue weighted by Crippen LogP contribution is 2.31. The lowest BCUT2D eigenvalue weighted by atomic mass is 10.1. The van der Waals surface area contributed by atoms with Crippen LogP contribution in [0, 0.1) is 10.7 Å². The standard InChI is InChI=1S/C10H17N3S2/c1-7(2)5-13-9(11-12-10(13)14)8-3-4-15-6-8/h7-8H,3-6H2,1-2H3,(H,12,14). The van der Waals surface area contributed by atoms with Crippen LogP contribution in [0.25, 0.3) is 0 Å². The summed E-state index contributed by atoms with van der Waals surface area (Å²) in [7, 11) is 0. The van der Waals surface area contributed by atoms with E-state index in [1.807, 2.05) is 11.8 Å². The Morgan fingerprint density at radius 3 is 3.07 bits per heavy atom. The van der Waals surface area contributed by atoms with Crippen LogP contribution in [0.3, 0.4) is 0 Å². The fraction of sp³-hybridized carbons (Fsp3) is 0.800. The fourth-order valence-electron chi connectivity index (χ4n) is 1.92. The predicted octanol–water partition coefficient (Wildman–Crippen LogP) is 2.82. The van der Waals surface area contributed by atoms with Crippen LogP contribution in [-0.2, 0) is 6.54 Å². The second-order valence-corrected chi connectivity index (χ2v) is 5.99. The Hall–Kier alpha value is -0.290. The number of thioether (sulfide) groups is 1. The van der Waals surface area contributed by atoms with E-state index in [0.717, 1.165) is 11.3 Å². The molecule has 5 heteroatoms. The second-order valence-electron chi connectivity index (χ2n) is 4.45. The van der Waals surface area contributed by atoms with Crippen molar-refractivity contribution in [3.63, 3.8) is 0 Å². The Kier molecular flexibility index (Phi) is 3.51. The van der Waals surface area contributed by atoms with E-state index in [9.17, 15) is 0 Å². The average Bonchev–Trinajstić information content (AvgIpc) is 2.76. The van der Waals surface area contributed by atoms with Crippen molar-refractivity contribution in [2.24, 2.45) is 5.92 Å². The van der Waals surface area contributed by atoms with Gasteiger partial charge in [0.05, 0.1) is 0 Å². The van der Waals surface area contributed by atoms with Crippen LogP contribution in [0.4, 0.5) is 0 Å². The topological polar surface area (TPSA) is 33.6 Å². The number of rotatable bonds is 3. The predicted molar refractivity (Wildman–Crippen MR) is 66.9 cm³/mol. The second kappa shape index (κ2) is 4.70. The summed E-state index contributed by atoms with van der Waals surface area (Å²) < 4.78 is 2.95. The number of H-pyrrole nitrogens is 1. The summed E-state index contributed by atoms with van der Waals surface area (Å²) in [5, 5.41) is 7.31. The third-order valence-electron chi connectivity index (χ3n) is 2.63. The molecule has 1 atom stereocenters. The molecule has 0 aliphatic carbocycles. The Morgan fingerprint density at radius 2 is 2.47 bits per heavy atom. The quantitative estimate of drug-likeness (QED) is 0.829. The summed E-state index contributed by atoms with van der Waals surface area (Å²) in [5.41, 5.74) is 0. The number of nitrogens with zero attached hydrogens (tertiary/aromatic N) is 2. The van der Waals surface area contributed by atoms with Crippen LogP contribution < -0.4 is 0 Å². The van der Waals surface area contributed by atoms with Gasteiger partial charge >= 0.3 is 0 Å². The van der Waals surface area contributed by atoms with Gasteiger partial charge in [-0.2, -0.15) is 16.9 Å². The zero-order chi connectivity index (χ0) is 10.8. The lowest BCUT2D eigenvalue weighted by Crippen LogP contribution is -2.12. The molecule has 0 radical (unpaired) electrons. The maximum Gasteiger partial charge on any atom is 0.195 e. The molecule has 1 unspecified atom stereocenters. The summed E-state index contributed by atoms with van der Waals surface area (Å²) in [6, 6.07) is 0. The molecule has 2 heterocycles. The van der Waals surface area contributed by atoms with E-state index >= 15 is 0 Å². The first kappa shape index (κ1) is 11.2. The highest BCUT2D eigenvalue weighted by molar-refractivity contribution is 7.99. The average molecular weight is 243 g/mol. The molecule has 0 aromatic carbocycles. The van der Waals surface area contributed by atoms with E-state index in [1.54, 1.807) is 0 Å². The zero-order valence-electron chi connectivity index (χ0n) is 9.19. The van der Waals surface area contributed by atoms with E-state index in [4.69, 9.17) is 12.2 Å². The SMILES string of the molecule is CC(C)Cn1c(C2CCSC2)n[nH]c1=S. The normalized spacial score (nSPS) is 21.4. The van der Waals surface area contributed by atoms with Gasteiger partial charge in [-0.15, -0.1) is 0 Å². The third kappa shape index (κ3) is 2.45. The molecule has 1 saturated heterocycles. The van der Waals surface area contributed by atoms with Crippen LogP contribution in [0.15, 0.2) is 0 Å². The van der Waals surface area contributed by atoms with Gasteiger partial charge in [0.1, 0.15) is 5.82 Å². The van der Waals surface area contributed by atoms with E-state index in [0.29, 0.717) is 11.8 Å². The Morgan fingerprint density at radius 1 is 1.67 bits per heavy atom. The van der Waals surface area contributed by atoms with Crippen LogP contribution in [0.2, 0.25) is 0 Å². The van der Waals surface area contributed by atoms with Gasteiger partial charge in [-0.3, -0.25) is 5.10 Å². The van der Waals surface area contributed by atoms with Gasteiger partial charge in [0.15, 0.2) is 4.77 Å². The first-order valence-corrected chi connectivity index (χ1v) is 6.97. The van der Waals surface area contributed by atoms with E-state index in [1.165, 1.54) is 23.8 Å². The van der Waals surface area contributed by atoms with Crippen LogP contribution in [0.1, 0.15) is 32.0 Å². The largest absolute Gasteiger partial charge is 0.304 e. The summed E-state index contributed by atoms with van der Waals surface area (Å²) in [5.74, 6) is 4.83. The molecule has 0 spiro atoms. The maximum absolute atomic E-state index is 5.26. The molecule has 1 fully saturated rings. The number of nitrogens with one attached hydrogen (secondary N) is 1. The number of hydrogen-bond acceptors (Lipinski definition) is 3. The third-order valence-corrected chi connectivity index (χ3v) is 4.10. The van der Waals surface area contributed by atoms with Crippen molar-refractivity contribution in [3.05, 3.63) is 10.6 Å². The highest BCUT2D eigenvalue weighted by atomic mass is 32.2. The Bertz CT molecular complexity index is 374. The first-order valence-electron chi connectivity index (χ1n) is 5.41. The molecule has 0 amide bonds. The van der Waals surface area contributed by atoms with Crippen molar-refractivity contribution >= 4 is 24.0 Å². The molecular formula is C10H17N3S2. The van der Waals surface area contributed by atoms with Gasteiger partial charge in [0.25, 0.3) is 0 Å². The van der Waals surface area contributed by atoms with E-state index in [2.05, 4.69) is 28.6 Å². The molecule has 2 rings (SSSR count). The monoisotopic (exact) mass is 243 g/mol. The van der Waals surface area contributed by atoms with Gasteiger partial charge in [0.2, 0.25) is 0 Å². The molecular weight excluding hydrogens is 226 g/mol. The zero-order valence-corrected chi connectivity index (χ0v) is 10.8.